The lowest BCUT2D eigenvalue weighted by atomic mass is 10.2. The van der Waals surface area contributed by atoms with E-state index in [0.29, 0.717) is 44.0 Å². The third kappa shape index (κ3) is 34.0. The van der Waals surface area contributed by atoms with Gasteiger partial charge in [-0.05, 0) is 118 Å². The topological polar surface area (TPSA) is 224 Å². The first kappa shape index (κ1) is 69.6. The number of rotatable bonds is 42. The van der Waals surface area contributed by atoms with E-state index in [0.717, 1.165) is 88.4 Å². The van der Waals surface area contributed by atoms with E-state index in [9.17, 15) is 28.8 Å². The van der Waals surface area contributed by atoms with Crippen LogP contribution in [0.4, 0.5) is 9.59 Å². The molecule has 0 aliphatic heterocycles. The predicted octanol–water partition coefficient (Wildman–Crippen LogP) is 9.99. The Morgan fingerprint density at radius 3 is 1.45 bits per heavy atom. The summed E-state index contributed by atoms with van der Waals surface area (Å²) < 4.78 is 45.4. The molecule has 0 aliphatic rings. The summed E-state index contributed by atoms with van der Waals surface area (Å²) in [5.74, 6) is -1.60. The zero-order valence-electron chi connectivity index (χ0n) is 47.8. The highest BCUT2D eigenvalue weighted by atomic mass is 28.4. The van der Waals surface area contributed by atoms with Gasteiger partial charge in [-0.1, -0.05) is 83.5 Å². The van der Waals surface area contributed by atoms with Crippen LogP contribution >= 0.6 is 0 Å². The Morgan fingerprint density at radius 2 is 0.849 bits per heavy atom. The van der Waals surface area contributed by atoms with Gasteiger partial charge < -0.3 is 58.5 Å². The van der Waals surface area contributed by atoms with E-state index in [2.05, 4.69) is 114 Å². The lowest BCUT2D eigenvalue weighted by Gasteiger charge is -2.45. The number of amides is 4. The van der Waals surface area contributed by atoms with Gasteiger partial charge in [0.2, 0.25) is 5.91 Å². The fourth-order valence-electron chi connectivity index (χ4n) is 7.55. The van der Waals surface area contributed by atoms with E-state index in [1.165, 1.54) is 0 Å². The molecule has 0 aliphatic carbocycles. The monoisotopic (exact) mass is 1100 g/mol. The highest BCUT2D eigenvalue weighted by molar-refractivity contribution is 6.82. The maximum absolute atomic E-state index is 12.2. The minimum atomic E-state index is -1.96. The van der Waals surface area contributed by atoms with Gasteiger partial charge in [-0.25, -0.2) is 19.2 Å². The molecule has 0 rings (SSSR count). The first-order chi connectivity index (χ1) is 33.9. The van der Waals surface area contributed by atoms with Crippen molar-refractivity contribution >= 4 is 68.7 Å². The number of carbonyl (C=O) groups is 6. The molecule has 0 unspecified atom stereocenters. The second kappa shape index (κ2) is 35.8. The van der Waals surface area contributed by atoms with Crippen molar-refractivity contribution in [2.75, 3.05) is 59.8 Å². The summed E-state index contributed by atoms with van der Waals surface area (Å²) in [7, 11) is -7.36. The van der Waals surface area contributed by atoms with Crippen molar-refractivity contribution in [1.29, 1.82) is 0 Å². The number of esters is 2. The maximum Gasteiger partial charge on any atom is 0.409 e. The van der Waals surface area contributed by atoms with Crippen molar-refractivity contribution in [1.82, 2.24) is 21.3 Å². The van der Waals surface area contributed by atoms with Crippen LogP contribution in [0, 0.1) is 0 Å². The van der Waals surface area contributed by atoms with Crippen LogP contribution in [0.5, 0.6) is 0 Å². The smallest absolute Gasteiger partial charge is 0.409 e. The van der Waals surface area contributed by atoms with Crippen LogP contribution in [0.25, 0.3) is 0 Å². The molecule has 0 aromatic rings. The molecule has 18 nitrogen and oxygen atoms in total. The van der Waals surface area contributed by atoms with Gasteiger partial charge in [0.1, 0.15) is 0 Å². The fourth-order valence-corrected chi connectivity index (χ4v) is 19.9. The van der Waals surface area contributed by atoms with Gasteiger partial charge in [-0.3, -0.25) is 9.59 Å². The number of alkyl carbamates (subject to hydrolysis) is 2. The molecule has 0 bridgehead atoms. The van der Waals surface area contributed by atoms with E-state index >= 15 is 0 Å². The molecule has 0 fully saturated rings. The predicted molar refractivity (Wildman–Crippen MR) is 298 cm³/mol. The Bertz CT molecular complexity index is 1710. The normalized spacial score (nSPS) is 12.4. The summed E-state index contributed by atoms with van der Waals surface area (Å²) in [5, 5.41) is 9.48. The van der Waals surface area contributed by atoms with Crippen LogP contribution in [-0.4, -0.2) is 139 Å². The summed E-state index contributed by atoms with van der Waals surface area (Å²) >= 11 is 0. The van der Waals surface area contributed by atoms with Crippen LogP contribution < -0.4 is 21.3 Å². The van der Waals surface area contributed by atoms with Crippen LogP contribution in [0.1, 0.15) is 119 Å². The minimum absolute atomic E-state index is 0.0653. The van der Waals surface area contributed by atoms with Crippen LogP contribution in [0.15, 0.2) is 24.3 Å². The van der Waals surface area contributed by atoms with Gasteiger partial charge >= 0.3 is 24.1 Å². The lowest BCUT2D eigenvalue weighted by Crippen LogP contribution is -2.56. The third-order valence-corrected chi connectivity index (χ3v) is 28.9. The van der Waals surface area contributed by atoms with Crippen molar-refractivity contribution in [2.24, 2.45) is 0 Å². The molecule has 0 saturated carbocycles. The van der Waals surface area contributed by atoms with Gasteiger partial charge in [0, 0.05) is 41.2 Å². The SMILES string of the molecule is C=C(C)C(=O)OCCCC[Si](C)(C)OC(C)(C)[Si](C)(C)CCCCCCCOC(=O)NCNC(=O)OCC(=O)NCNC(=O)CCCCOCCC[Si](C)(C)OC(C)(C)[Si](C)(C)CCCOCOC(=O)C(=C)C. The Morgan fingerprint density at radius 1 is 0.438 bits per heavy atom. The van der Waals surface area contributed by atoms with Crippen LogP contribution in [0.2, 0.25) is 76.6 Å². The standard InChI is InChI=1S/C51H100N4O14Si4/c1-42(2)46(58)64-32-23-25-36-72(13,14)68-50(5,6)70(9,10)34-24-19-17-18-21-33-65-48(60)54-40-55-49(61)66-38-45(57)53-39-52-44(56)28-20-22-29-62-30-27-37-73(15,16)69-51(7,8)71(11,12)35-26-31-63-41-67-47(59)43(3)4/h1,3,17-41H2,2,4-16H3,(H,52,56)(H,53,57)(H,54,60)(H,55,61). The van der Waals surface area contributed by atoms with E-state index < -0.39 is 63.5 Å². The van der Waals surface area contributed by atoms with E-state index in [1.54, 1.807) is 13.8 Å². The Balaban J connectivity index is 4.02. The quantitative estimate of drug-likeness (QED) is 0.0112. The average molecular weight is 1110 g/mol. The molecule has 22 heteroatoms. The zero-order chi connectivity index (χ0) is 55.8. The number of ether oxygens (including phenoxy) is 6. The minimum Gasteiger partial charge on any atom is -0.462 e. The lowest BCUT2D eigenvalue weighted by molar-refractivity contribution is -0.151. The summed E-state index contributed by atoms with van der Waals surface area (Å²) in [4.78, 5) is 71.4. The molecule has 0 aromatic heterocycles. The Hall–Kier alpha value is -3.39. The molecular weight excluding hydrogens is 1000 g/mol. The molecule has 0 radical (unpaired) electrons. The maximum atomic E-state index is 12.2. The molecule has 0 atom stereocenters. The number of unbranched alkanes of at least 4 members (excludes halogenated alkanes) is 6. The summed E-state index contributed by atoms with van der Waals surface area (Å²) in [6, 6.07) is 4.18. The van der Waals surface area contributed by atoms with Gasteiger partial charge in [0.15, 0.2) is 30.0 Å². The molecule has 4 amide bonds. The summed E-state index contributed by atoms with van der Waals surface area (Å²) in [6.45, 7) is 39.3. The summed E-state index contributed by atoms with van der Waals surface area (Å²) in [5.41, 5.74) is 0.769. The zero-order valence-corrected chi connectivity index (χ0v) is 51.8. The highest BCUT2D eigenvalue weighted by Crippen LogP contribution is 2.35. The van der Waals surface area contributed by atoms with Crippen LogP contribution in [0.3, 0.4) is 0 Å². The van der Waals surface area contributed by atoms with Crippen molar-refractivity contribution < 1.29 is 66.0 Å². The first-order valence-corrected chi connectivity index (χ1v) is 39.1. The molecule has 0 aromatic carbocycles. The Kier molecular flexibility index (Phi) is 34.1. The van der Waals surface area contributed by atoms with Gasteiger partial charge in [-0.15, -0.1) is 0 Å². The first-order valence-electron chi connectivity index (χ1n) is 26.4. The van der Waals surface area contributed by atoms with E-state index in [-0.39, 0.29) is 55.5 Å². The largest absolute Gasteiger partial charge is 0.462 e. The number of carbonyl (C=O) groups excluding carboxylic acids is 6. The molecule has 424 valence electrons. The molecule has 0 heterocycles. The third-order valence-electron chi connectivity index (χ3n) is 13.3. The van der Waals surface area contributed by atoms with Gasteiger partial charge in [0.05, 0.1) is 49.3 Å². The van der Waals surface area contributed by atoms with Gasteiger partial charge in [0.25, 0.3) is 5.91 Å². The van der Waals surface area contributed by atoms with E-state index in [4.69, 9.17) is 37.3 Å². The molecule has 0 spiro atoms. The highest BCUT2D eigenvalue weighted by Gasteiger charge is 2.44. The van der Waals surface area contributed by atoms with Crippen molar-refractivity contribution in [3.63, 3.8) is 0 Å². The molecule has 73 heavy (non-hydrogen) atoms. The fraction of sp³-hybridized carbons (Fsp3) is 0.804. The molecule has 0 saturated heterocycles. The van der Waals surface area contributed by atoms with Crippen molar-refractivity contribution in [3.05, 3.63) is 24.3 Å². The number of nitrogens with one attached hydrogen (secondary N) is 4. The van der Waals surface area contributed by atoms with Gasteiger partial charge in [-0.2, -0.15) is 0 Å². The molecular formula is C51H100N4O14Si4. The van der Waals surface area contributed by atoms with E-state index in [1.807, 2.05) is 0 Å². The second-order valence-electron chi connectivity index (χ2n) is 22.5. The van der Waals surface area contributed by atoms with Crippen LogP contribution in [-0.2, 0) is 56.5 Å². The van der Waals surface area contributed by atoms with Crippen molar-refractivity contribution in [3.8, 4) is 0 Å². The summed E-state index contributed by atoms with van der Waals surface area (Å²) in [6.07, 6.45) is 8.55. The average Bonchev–Trinajstić information content (AvgIpc) is 3.27. The molecule has 4 N–H and O–H groups in total. The Labute approximate surface area is 443 Å². The number of hydrogen-bond donors (Lipinski definition) is 4. The number of hydrogen-bond acceptors (Lipinski definition) is 14. The van der Waals surface area contributed by atoms with Crippen molar-refractivity contribution in [2.45, 2.75) is 206 Å². The second-order valence-corrected chi connectivity index (χ2v) is 41.9.